The van der Waals surface area contributed by atoms with Gasteiger partial charge in [0.25, 0.3) is 5.22 Å². The van der Waals surface area contributed by atoms with E-state index in [0.717, 1.165) is 27.9 Å². The van der Waals surface area contributed by atoms with Crippen LogP contribution in [0.25, 0.3) is 10.8 Å². The summed E-state index contributed by atoms with van der Waals surface area (Å²) in [4.78, 5) is 16.6. The minimum atomic E-state index is -0.293. The Labute approximate surface area is 139 Å². The van der Waals surface area contributed by atoms with Gasteiger partial charge in [-0.3, -0.25) is 4.79 Å². The number of nitrogens with zero attached hydrogens (tertiary/aromatic N) is 1. The van der Waals surface area contributed by atoms with Crippen molar-refractivity contribution in [3.63, 3.8) is 0 Å². The minimum Gasteiger partial charge on any atom is -0.437 e. The van der Waals surface area contributed by atoms with Crippen LogP contribution in [0.4, 0.5) is 5.69 Å². The van der Waals surface area contributed by atoms with Gasteiger partial charge in [0.2, 0.25) is 5.91 Å². The van der Waals surface area contributed by atoms with Crippen LogP contribution in [0.15, 0.2) is 52.1 Å². The highest BCUT2D eigenvalue weighted by Gasteiger charge is 2.18. The Morgan fingerprint density at radius 1 is 1.17 bits per heavy atom. The number of rotatable bonds is 4. The number of oxazole rings is 1. The molecule has 0 spiro atoms. The third kappa shape index (κ3) is 3.56. The molecule has 0 saturated carbocycles. The maximum atomic E-state index is 12.3. The molecule has 1 amide bonds. The van der Waals surface area contributed by atoms with Crippen LogP contribution in [0.3, 0.4) is 0 Å². The Bertz CT molecular complexity index is 838. The fraction of sp³-hybridized carbons (Fsp3) is 0.222. The molecule has 3 aromatic rings. The number of aromatic nitrogens is 1. The zero-order chi connectivity index (χ0) is 16.4. The molecule has 1 N–H and O–H groups in total. The van der Waals surface area contributed by atoms with Gasteiger partial charge in [-0.15, -0.1) is 0 Å². The number of benzene rings is 2. The van der Waals surface area contributed by atoms with Crippen molar-refractivity contribution in [1.29, 1.82) is 0 Å². The number of hydrogen-bond donors (Lipinski definition) is 1. The second-order valence-corrected chi connectivity index (χ2v) is 6.72. The van der Waals surface area contributed by atoms with Crippen molar-refractivity contribution < 1.29 is 9.21 Å². The Morgan fingerprint density at radius 3 is 2.61 bits per heavy atom. The fourth-order valence-electron chi connectivity index (χ4n) is 2.21. The van der Waals surface area contributed by atoms with Crippen LogP contribution in [0, 0.1) is 13.8 Å². The summed E-state index contributed by atoms with van der Waals surface area (Å²) in [5, 5.41) is 5.44. The van der Waals surface area contributed by atoms with Gasteiger partial charge in [-0.2, -0.15) is 0 Å². The molecule has 0 aliphatic heterocycles. The first-order valence-corrected chi connectivity index (χ1v) is 8.31. The highest BCUT2D eigenvalue weighted by Crippen LogP contribution is 2.26. The number of thioether (sulfide) groups is 1. The molecule has 23 heavy (non-hydrogen) atoms. The van der Waals surface area contributed by atoms with Gasteiger partial charge in [0.1, 0.15) is 5.76 Å². The molecule has 0 bridgehead atoms. The number of hydrogen-bond acceptors (Lipinski definition) is 4. The van der Waals surface area contributed by atoms with Crippen molar-refractivity contribution in [3.05, 3.63) is 53.9 Å². The molecule has 1 atom stereocenters. The van der Waals surface area contributed by atoms with E-state index in [0.29, 0.717) is 5.22 Å². The predicted octanol–water partition coefficient (Wildman–Crippen LogP) is 4.56. The second-order valence-electron chi connectivity index (χ2n) is 5.43. The lowest BCUT2D eigenvalue weighted by molar-refractivity contribution is -0.115. The van der Waals surface area contributed by atoms with Crippen LogP contribution >= 0.6 is 11.8 Å². The van der Waals surface area contributed by atoms with Crippen molar-refractivity contribution in [1.82, 2.24) is 4.98 Å². The summed E-state index contributed by atoms with van der Waals surface area (Å²) < 4.78 is 5.51. The molecule has 0 aliphatic rings. The number of carbonyl (C=O) groups is 1. The van der Waals surface area contributed by atoms with E-state index in [1.54, 1.807) is 0 Å². The first kappa shape index (κ1) is 15.6. The summed E-state index contributed by atoms with van der Waals surface area (Å²) in [6.07, 6.45) is 0. The molecule has 0 saturated heterocycles. The van der Waals surface area contributed by atoms with Crippen molar-refractivity contribution >= 4 is 34.1 Å². The van der Waals surface area contributed by atoms with E-state index in [9.17, 15) is 4.79 Å². The van der Waals surface area contributed by atoms with E-state index in [1.165, 1.54) is 11.8 Å². The number of carbonyl (C=O) groups excluding carboxylic acids is 1. The van der Waals surface area contributed by atoms with Crippen LogP contribution in [-0.4, -0.2) is 16.1 Å². The topological polar surface area (TPSA) is 55.1 Å². The molecule has 0 fully saturated rings. The Kier molecular flexibility index (Phi) is 4.39. The maximum absolute atomic E-state index is 12.3. The number of anilines is 1. The van der Waals surface area contributed by atoms with Crippen LogP contribution < -0.4 is 5.32 Å². The summed E-state index contributed by atoms with van der Waals surface area (Å²) in [5.74, 6) is 0.716. The first-order chi connectivity index (χ1) is 11.0. The van der Waals surface area contributed by atoms with Crippen molar-refractivity contribution in [2.75, 3.05) is 5.32 Å². The lowest BCUT2D eigenvalue weighted by Crippen LogP contribution is -2.22. The van der Waals surface area contributed by atoms with Crippen LogP contribution in [0.5, 0.6) is 0 Å². The number of fused-ring (bicyclic) bond motifs is 1. The van der Waals surface area contributed by atoms with E-state index >= 15 is 0 Å². The third-order valence-electron chi connectivity index (χ3n) is 3.67. The van der Waals surface area contributed by atoms with Gasteiger partial charge < -0.3 is 9.73 Å². The van der Waals surface area contributed by atoms with Gasteiger partial charge in [0.15, 0.2) is 0 Å². The molecule has 0 radical (unpaired) electrons. The van der Waals surface area contributed by atoms with E-state index in [-0.39, 0.29) is 11.2 Å². The fourth-order valence-corrected chi connectivity index (χ4v) is 3.04. The Hall–Kier alpha value is -2.27. The lowest BCUT2D eigenvalue weighted by atomic mass is 10.1. The van der Waals surface area contributed by atoms with Crippen molar-refractivity contribution in [2.45, 2.75) is 31.2 Å². The minimum absolute atomic E-state index is 0.0706. The Balaban J connectivity index is 1.69. The molecule has 1 heterocycles. The molecular formula is C18H18N2O2S. The van der Waals surface area contributed by atoms with Gasteiger partial charge in [0, 0.05) is 5.69 Å². The zero-order valence-electron chi connectivity index (χ0n) is 13.3. The van der Waals surface area contributed by atoms with Gasteiger partial charge in [-0.1, -0.05) is 42.1 Å². The summed E-state index contributed by atoms with van der Waals surface area (Å²) in [7, 11) is 0. The normalized spacial score (nSPS) is 12.3. The average Bonchev–Trinajstić information content (AvgIpc) is 2.85. The zero-order valence-corrected chi connectivity index (χ0v) is 14.1. The highest BCUT2D eigenvalue weighted by atomic mass is 32.2. The van der Waals surface area contributed by atoms with Crippen molar-refractivity contribution in [3.8, 4) is 0 Å². The van der Waals surface area contributed by atoms with Crippen molar-refractivity contribution in [2.24, 2.45) is 0 Å². The first-order valence-electron chi connectivity index (χ1n) is 7.43. The van der Waals surface area contributed by atoms with Crippen LogP contribution in [0.1, 0.15) is 18.4 Å². The SMILES string of the molecule is Cc1nc(SC(C)C(=O)Nc2ccc3ccccc3c2)oc1C. The third-order valence-corrected chi connectivity index (χ3v) is 4.62. The van der Waals surface area contributed by atoms with E-state index in [2.05, 4.69) is 10.3 Å². The van der Waals surface area contributed by atoms with E-state index < -0.39 is 0 Å². The summed E-state index contributed by atoms with van der Waals surface area (Å²) in [6, 6.07) is 14.0. The van der Waals surface area contributed by atoms with Gasteiger partial charge in [-0.25, -0.2) is 4.98 Å². The quantitative estimate of drug-likeness (QED) is 0.714. The highest BCUT2D eigenvalue weighted by molar-refractivity contribution is 8.00. The number of aryl methyl sites for hydroxylation is 2. The average molecular weight is 326 g/mol. The largest absolute Gasteiger partial charge is 0.437 e. The van der Waals surface area contributed by atoms with Crippen LogP contribution in [0.2, 0.25) is 0 Å². The smallest absolute Gasteiger partial charge is 0.256 e. The number of nitrogens with one attached hydrogen (secondary N) is 1. The molecule has 4 nitrogen and oxygen atoms in total. The second kappa shape index (κ2) is 6.46. The molecule has 0 aliphatic carbocycles. The molecule has 1 aromatic heterocycles. The molecule has 118 valence electrons. The molecule has 5 heteroatoms. The van der Waals surface area contributed by atoms with Gasteiger partial charge in [-0.05, 0) is 43.7 Å². The summed E-state index contributed by atoms with van der Waals surface area (Å²) in [6.45, 7) is 5.60. The standard InChI is InChI=1S/C18H18N2O2S/c1-11-12(2)22-18(19-11)23-13(3)17(21)20-16-9-8-14-6-4-5-7-15(14)10-16/h4-10,13H,1-3H3,(H,20,21). The lowest BCUT2D eigenvalue weighted by Gasteiger charge is -2.10. The van der Waals surface area contributed by atoms with E-state index in [4.69, 9.17) is 4.42 Å². The number of amides is 1. The summed E-state index contributed by atoms with van der Waals surface area (Å²) >= 11 is 1.32. The summed E-state index contributed by atoms with van der Waals surface area (Å²) in [5.41, 5.74) is 1.65. The van der Waals surface area contributed by atoms with E-state index in [1.807, 2.05) is 63.2 Å². The van der Waals surface area contributed by atoms with Gasteiger partial charge in [0.05, 0.1) is 10.9 Å². The molecule has 2 aromatic carbocycles. The predicted molar refractivity (Wildman–Crippen MR) is 93.9 cm³/mol. The monoisotopic (exact) mass is 326 g/mol. The van der Waals surface area contributed by atoms with Crippen LogP contribution in [-0.2, 0) is 4.79 Å². The van der Waals surface area contributed by atoms with Gasteiger partial charge >= 0.3 is 0 Å². The molecule has 3 rings (SSSR count). The molecule has 1 unspecified atom stereocenters. The maximum Gasteiger partial charge on any atom is 0.256 e. The molecular weight excluding hydrogens is 308 g/mol. The Morgan fingerprint density at radius 2 is 1.91 bits per heavy atom.